The van der Waals surface area contributed by atoms with Crippen LogP contribution in [0.15, 0.2) is 3.92 Å². The van der Waals surface area contributed by atoms with E-state index in [-0.39, 0.29) is 5.54 Å². The van der Waals surface area contributed by atoms with Crippen LogP contribution in [-0.4, -0.2) is 41.3 Å². The molecule has 0 radical (unpaired) electrons. The van der Waals surface area contributed by atoms with Crippen LogP contribution in [0.3, 0.4) is 0 Å². The van der Waals surface area contributed by atoms with E-state index >= 15 is 0 Å². The minimum Gasteiger partial charge on any atom is -0.354 e. The fourth-order valence-electron chi connectivity index (χ4n) is 1.38. The van der Waals surface area contributed by atoms with Gasteiger partial charge in [-0.2, -0.15) is 0 Å². The summed E-state index contributed by atoms with van der Waals surface area (Å²) in [5.74, 6) is 0. The predicted molar refractivity (Wildman–Crippen MR) is 63.9 cm³/mol. The number of aromatic nitrogens is 2. The van der Waals surface area contributed by atoms with Gasteiger partial charge in [0.25, 0.3) is 0 Å². The van der Waals surface area contributed by atoms with Crippen molar-refractivity contribution in [3.63, 3.8) is 0 Å². The number of likely N-dealkylation sites (N-methyl/N-ethyl adjacent to an activating group) is 1. The summed E-state index contributed by atoms with van der Waals surface area (Å²) in [5, 5.41) is 12.1. The van der Waals surface area contributed by atoms with Crippen molar-refractivity contribution in [2.45, 2.75) is 19.4 Å². The zero-order valence-corrected chi connectivity index (χ0v) is 11.2. The number of anilines is 1. The fraction of sp³-hybridized carbons (Fsp3) is 0.750. The molecule has 0 fully saturated rings. The van der Waals surface area contributed by atoms with Crippen LogP contribution in [0.1, 0.15) is 13.8 Å². The summed E-state index contributed by atoms with van der Waals surface area (Å²) < 4.78 is 0.806. The van der Waals surface area contributed by atoms with Crippen LogP contribution in [0.4, 0.5) is 5.13 Å². The lowest BCUT2D eigenvalue weighted by Crippen LogP contribution is -2.41. The zero-order valence-electron chi connectivity index (χ0n) is 8.83. The van der Waals surface area contributed by atoms with Gasteiger partial charge in [-0.25, -0.2) is 0 Å². The van der Waals surface area contributed by atoms with E-state index < -0.39 is 0 Å². The van der Waals surface area contributed by atoms with Gasteiger partial charge in [0.1, 0.15) is 0 Å². The molecule has 0 aromatic carbocycles. The Kier molecular flexibility index (Phi) is 3.86. The molecular formula is C8H15BrN4S. The molecular weight excluding hydrogens is 264 g/mol. The van der Waals surface area contributed by atoms with Crippen molar-refractivity contribution in [2.24, 2.45) is 0 Å². The van der Waals surface area contributed by atoms with E-state index in [9.17, 15) is 0 Å². The summed E-state index contributed by atoms with van der Waals surface area (Å²) >= 11 is 4.79. The zero-order chi connectivity index (χ0) is 10.8. The third-order valence-electron chi connectivity index (χ3n) is 1.56. The second-order valence-electron chi connectivity index (χ2n) is 4.11. The van der Waals surface area contributed by atoms with Gasteiger partial charge >= 0.3 is 0 Å². The summed E-state index contributed by atoms with van der Waals surface area (Å²) in [4.78, 5) is 2.14. The molecule has 0 aliphatic carbocycles. The lowest BCUT2D eigenvalue weighted by atomic mass is 10.1. The first-order valence-electron chi connectivity index (χ1n) is 4.31. The third-order valence-corrected chi connectivity index (χ3v) is 2.83. The average molecular weight is 279 g/mol. The Morgan fingerprint density at radius 3 is 2.50 bits per heavy atom. The first-order chi connectivity index (χ1) is 6.39. The minimum atomic E-state index is 0.00245. The maximum Gasteiger partial charge on any atom is 0.206 e. The number of nitrogens with zero attached hydrogens (tertiary/aromatic N) is 3. The monoisotopic (exact) mass is 278 g/mol. The fourth-order valence-corrected chi connectivity index (χ4v) is 2.56. The molecule has 0 saturated heterocycles. The molecule has 14 heavy (non-hydrogen) atoms. The van der Waals surface area contributed by atoms with Crippen LogP contribution in [0, 0.1) is 0 Å². The van der Waals surface area contributed by atoms with E-state index in [1.165, 1.54) is 11.3 Å². The standard InChI is InChI=1S/C8H15BrN4S/c1-8(2,5-13(3)4)10-7-12-11-6(9)14-7/h5H2,1-4H3,(H,10,12). The molecule has 0 atom stereocenters. The van der Waals surface area contributed by atoms with Gasteiger partial charge < -0.3 is 10.2 Å². The molecule has 0 aliphatic heterocycles. The summed E-state index contributed by atoms with van der Waals surface area (Å²) in [6, 6.07) is 0. The molecule has 1 N–H and O–H groups in total. The van der Waals surface area contributed by atoms with E-state index in [0.29, 0.717) is 0 Å². The first-order valence-corrected chi connectivity index (χ1v) is 5.92. The van der Waals surface area contributed by atoms with Crippen LogP contribution in [0.5, 0.6) is 0 Å². The molecule has 1 heterocycles. The number of rotatable bonds is 4. The van der Waals surface area contributed by atoms with Gasteiger partial charge in [-0.15, -0.1) is 10.2 Å². The first kappa shape index (κ1) is 11.9. The summed E-state index contributed by atoms with van der Waals surface area (Å²) in [5.41, 5.74) is 0.00245. The Labute approximate surface area is 96.8 Å². The van der Waals surface area contributed by atoms with Crippen LogP contribution in [-0.2, 0) is 0 Å². The molecule has 0 unspecified atom stereocenters. The highest BCUT2D eigenvalue weighted by Gasteiger charge is 2.19. The van der Waals surface area contributed by atoms with Crippen molar-refractivity contribution in [3.8, 4) is 0 Å². The minimum absolute atomic E-state index is 0.00245. The Balaban J connectivity index is 2.58. The molecule has 4 nitrogen and oxygen atoms in total. The molecule has 0 saturated carbocycles. The van der Waals surface area contributed by atoms with Crippen LogP contribution < -0.4 is 5.32 Å². The van der Waals surface area contributed by atoms with Crippen LogP contribution in [0.25, 0.3) is 0 Å². The van der Waals surface area contributed by atoms with Gasteiger partial charge in [0.05, 0.1) is 0 Å². The normalized spacial score (nSPS) is 12.1. The van der Waals surface area contributed by atoms with Gasteiger partial charge in [-0.3, -0.25) is 0 Å². The maximum atomic E-state index is 4.00. The Hall–Kier alpha value is -0.200. The molecule has 1 aromatic heterocycles. The second kappa shape index (κ2) is 4.55. The SMILES string of the molecule is CN(C)CC(C)(C)Nc1nnc(Br)s1. The molecule has 80 valence electrons. The highest BCUT2D eigenvalue weighted by Crippen LogP contribution is 2.23. The Morgan fingerprint density at radius 2 is 2.07 bits per heavy atom. The largest absolute Gasteiger partial charge is 0.354 e. The Bertz CT molecular complexity index is 297. The number of nitrogens with one attached hydrogen (secondary N) is 1. The third kappa shape index (κ3) is 3.89. The predicted octanol–water partition coefficient (Wildman–Crippen LogP) is 2.05. The molecule has 0 amide bonds. The summed E-state index contributed by atoms with van der Waals surface area (Å²) in [7, 11) is 4.11. The number of hydrogen-bond acceptors (Lipinski definition) is 5. The van der Waals surface area contributed by atoms with E-state index in [2.05, 4.69) is 64.3 Å². The molecule has 0 spiro atoms. The highest BCUT2D eigenvalue weighted by molar-refractivity contribution is 9.11. The summed E-state index contributed by atoms with van der Waals surface area (Å²) in [6.45, 7) is 5.23. The van der Waals surface area contributed by atoms with Gasteiger partial charge in [-0.05, 0) is 43.9 Å². The van der Waals surface area contributed by atoms with E-state index in [1.807, 2.05) is 0 Å². The van der Waals surface area contributed by atoms with Crippen molar-refractivity contribution in [1.82, 2.24) is 15.1 Å². The van der Waals surface area contributed by atoms with Gasteiger partial charge in [-0.1, -0.05) is 11.3 Å². The molecule has 0 aliphatic rings. The lowest BCUT2D eigenvalue weighted by molar-refractivity contribution is 0.334. The molecule has 6 heteroatoms. The average Bonchev–Trinajstić information content (AvgIpc) is 2.30. The van der Waals surface area contributed by atoms with Crippen LogP contribution >= 0.6 is 27.3 Å². The lowest BCUT2D eigenvalue weighted by Gasteiger charge is -2.28. The topological polar surface area (TPSA) is 41.0 Å². The molecule has 0 bridgehead atoms. The number of hydrogen-bond donors (Lipinski definition) is 1. The quantitative estimate of drug-likeness (QED) is 0.916. The summed E-state index contributed by atoms with van der Waals surface area (Å²) in [6.07, 6.45) is 0. The smallest absolute Gasteiger partial charge is 0.206 e. The highest BCUT2D eigenvalue weighted by atomic mass is 79.9. The van der Waals surface area contributed by atoms with Crippen molar-refractivity contribution in [3.05, 3.63) is 3.92 Å². The van der Waals surface area contributed by atoms with E-state index in [4.69, 9.17) is 0 Å². The number of halogens is 1. The Morgan fingerprint density at radius 1 is 1.43 bits per heavy atom. The van der Waals surface area contributed by atoms with Gasteiger partial charge in [0.15, 0.2) is 3.92 Å². The maximum absolute atomic E-state index is 4.00. The van der Waals surface area contributed by atoms with Gasteiger partial charge in [0.2, 0.25) is 5.13 Å². The molecule has 1 rings (SSSR count). The van der Waals surface area contributed by atoms with E-state index in [0.717, 1.165) is 15.6 Å². The van der Waals surface area contributed by atoms with Crippen molar-refractivity contribution >= 4 is 32.4 Å². The van der Waals surface area contributed by atoms with Crippen molar-refractivity contribution in [1.29, 1.82) is 0 Å². The second-order valence-corrected chi connectivity index (χ2v) is 6.36. The van der Waals surface area contributed by atoms with Crippen LogP contribution in [0.2, 0.25) is 0 Å². The molecule has 1 aromatic rings. The van der Waals surface area contributed by atoms with Gasteiger partial charge in [0, 0.05) is 12.1 Å². The van der Waals surface area contributed by atoms with Crippen molar-refractivity contribution in [2.75, 3.05) is 26.0 Å². The van der Waals surface area contributed by atoms with Crippen molar-refractivity contribution < 1.29 is 0 Å². The van der Waals surface area contributed by atoms with E-state index in [1.54, 1.807) is 0 Å².